The molecule has 1 atom stereocenters. The lowest BCUT2D eigenvalue weighted by atomic mass is 9.78. The van der Waals surface area contributed by atoms with Crippen LogP contribution in [-0.4, -0.2) is 20.6 Å². The lowest BCUT2D eigenvalue weighted by molar-refractivity contribution is 0.0693. The van der Waals surface area contributed by atoms with E-state index in [1.54, 1.807) is 0 Å². The molecule has 2 N–H and O–H groups in total. The van der Waals surface area contributed by atoms with Gasteiger partial charge < -0.3 is 14.7 Å². The monoisotopic (exact) mass is 336 g/mol. The maximum Gasteiger partial charge on any atom is 0.341 e. The van der Waals surface area contributed by atoms with Gasteiger partial charge in [-0.1, -0.05) is 26.8 Å². The lowest BCUT2D eigenvalue weighted by Crippen LogP contribution is -2.32. The van der Waals surface area contributed by atoms with E-state index in [1.165, 1.54) is 17.8 Å². The Morgan fingerprint density at radius 1 is 1.28 bits per heavy atom. The molecule has 1 aliphatic rings. The van der Waals surface area contributed by atoms with Crippen molar-refractivity contribution in [2.24, 2.45) is 5.41 Å². The summed E-state index contributed by atoms with van der Waals surface area (Å²) in [5.74, 6) is -1.18. The summed E-state index contributed by atoms with van der Waals surface area (Å²) in [5, 5.41) is 10.5. The largest absolute Gasteiger partial charge is 0.477 e. The molecular formula is C20H20N2O3. The number of carbonyl (C=O) groups is 1. The zero-order valence-electron chi connectivity index (χ0n) is 14.5. The van der Waals surface area contributed by atoms with Gasteiger partial charge in [-0.2, -0.15) is 0 Å². The van der Waals surface area contributed by atoms with E-state index in [1.807, 2.05) is 22.9 Å². The number of pyridine rings is 1. The van der Waals surface area contributed by atoms with Crippen molar-refractivity contribution in [2.45, 2.75) is 33.2 Å². The summed E-state index contributed by atoms with van der Waals surface area (Å²) in [7, 11) is 0. The fourth-order valence-electron chi connectivity index (χ4n) is 3.85. The summed E-state index contributed by atoms with van der Waals surface area (Å²) in [6.45, 7) is 6.42. The predicted octanol–water partition coefficient (Wildman–Crippen LogP) is 3.84. The van der Waals surface area contributed by atoms with Crippen molar-refractivity contribution in [3.63, 3.8) is 0 Å². The van der Waals surface area contributed by atoms with Crippen LogP contribution in [0.5, 0.6) is 0 Å². The van der Waals surface area contributed by atoms with Gasteiger partial charge >= 0.3 is 5.97 Å². The Kier molecular flexibility index (Phi) is 3.19. The van der Waals surface area contributed by atoms with Crippen molar-refractivity contribution in [3.05, 3.63) is 58.0 Å². The van der Waals surface area contributed by atoms with Crippen LogP contribution in [0.1, 0.15) is 42.7 Å². The van der Waals surface area contributed by atoms with Gasteiger partial charge in [0.2, 0.25) is 0 Å². The fourth-order valence-corrected chi connectivity index (χ4v) is 3.85. The van der Waals surface area contributed by atoms with Crippen LogP contribution in [0.4, 0.5) is 0 Å². The number of H-pyrrole nitrogens is 1. The molecule has 2 aromatic heterocycles. The number of aromatic amines is 1. The standard InChI is InChI=1S/C20H20N2O3/c1-20(2,3)18-8-13-11-6-7-21-15(11)5-4-12(13)16-9-17(23)14(19(24)25)10-22(16)18/h4-7,9-10,18,21H,8H2,1-3H3,(H,24,25)/t18-/m0/s1. The predicted molar refractivity (Wildman–Crippen MR) is 97.2 cm³/mol. The molecule has 128 valence electrons. The number of rotatable bonds is 1. The SMILES string of the molecule is CC(C)(C)[C@@H]1Cc2c(ccc3[nH]ccc23)-c2cc(=O)c(C(=O)O)cn21. The second-order valence-electron chi connectivity index (χ2n) is 7.77. The van der Waals surface area contributed by atoms with E-state index in [-0.39, 0.29) is 17.0 Å². The first kappa shape index (κ1) is 15.7. The Morgan fingerprint density at radius 2 is 2.04 bits per heavy atom. The van der Waals surface area contributed by atoms with Gasteiger partial charge in [0, 0.05) is 41.0 Å². The number of carboxylic acid groups (broad SMARTS) is 1. The third-order valence-electron chi connectivity index (χ3n) is 5.16. The average Bonchev–Trinajstić information content (AvgIpc) is 3.01. The Hall–Kier alpha value is -2.82. The molecule has 0 saturated heterocycles. The van der Waals surface area contributed by atoms with Crippen LogP contribution in [0.2, 0.25) is 0 Å². The van der Waals surface area contributed by atoms with Gasteiger partial charge in [0.15, 0.2) is 5.43 Å². The number of hydrogen-bond acceptors (Lipinski definition) is 2. The second-order valence-corrected chi connectivity index (χ2v) is 7.77. The first-order chi connectivity index (χ1) is 11.8. The van der Waals surface area contributed by atoms with Crippen LogP contribution in [0.15, 0.2) is 41.5 Å². The summed E-state index contributed by atoms with van der Waals surface area (Å²) in [5.41, 5.74) is 3.36. The summed E-state index contributed by atoms with van der Waals surface area (Å²) in [4.78, 5) is 27.0. The summed E-state index contributed by atoms with van der Waals surface area (Å²) in [6.07, 6.45) is 4.23. The van der Waals surface area contributed by atoms with E-state index >= 15 is 0 Å². The van der Waals surface area contributed by atoms with E-state index in [0.717, 1.165) is 28.6 Å². The number of fused-ring (bicyclic) bond motifs is 5. The highest BCUT2D eigenvalue weighted by Crippen LogP contribution is 2.44. The maximum atomic E-state index is 12.3. The van der Waals surface area contributed by atoms with E-state index < -0.39 is 11.4 Å². The molecule has 0 spiro atoms. The third-order valence-corrected chi connectivity index (χ3v) is 5.16. The Balaban J connectivity index is 2.08. The summed E-state index contributed by atoms with van der Waals surface area (Å²) >= 11 is 0. The van der Waals surface area contributed by atoms with Gasteiger partial charge in [0.1, 0.15) is 5.56 Å². The number of carboxylic acids is 1. The van der Waals surface area contributed by atoms with E-state index in [4.69, 9.17) is 0 Å². The lowest BCUT2D eigenvalue weighted by Gasteiger charge is -2.39. The maximum absolute atomic E-state index is 12.3. The van der Waals surface area contributed by atoms with Crippen molar-refractivity contribution < 1.29 is 9.90 Å². The highest BCUT2D eigenvalue weighted by atomic mass is 16.4. The molecule has 1 aliphatic heterocycles. The van der Waals surface area contributed by atoms with E-state index in [9.17, 15) is 14.7 Å². The molecule has 1 aromatic carbocycles. The molecule has 0 amide bonds. The molecule has 0 aliphatic carbocycles. The highest BCUT2D eigenvalue weighted by molar-refractivity contribution is 5.91. The van der Waals surface area contributed by atoms with Crippen molar-refractivity contribution in [1.82, 2.24) is 9.55 Å². The molecule has 25 heavy (non-hydrogen) atoms. The molecule has 0 bridgehead atoms. The number of benzene rings is 1. The molecule has 0 unspecified atom stereocenters. The quantitative estimate of drug-likeness (QED) is 0.709. The molecule has 0 fully saturated rings. The second kappa shape index (κ2) is 5.09. The number of nitrogens with one attached hydrogen (secondary N) is 1. The van der Waals surface area contributed by atoms with Crippen molar-refractivity contribution in [1.29, 1.82) is 0 Å². The molecular weight excluding hydrogens is 316 g/mol. The van der Waals surface area contributed by atoms with Crippen LogP contribution in [0.3, 0.4) is 0 Å². The minimum Gasteiger partial charge on any atom is -0.477 e. The molecule has 0 radical (unpaired) electrons. The van der Waals surface area contributed by atoms with Crippen molar-refractivity contribution in [2.75, 3.05) is 0 Å². The van der Waals surface area contributed by atoms with Gasteiger partial charge in [-0.15, -0.1) is 0 Å². The molecule has 5 heteroatoms. The zero-order valence-corrected chi connectivity index (χ0v) is 14.5. The normalized spacial score (nSPS) is 16.5. The van der Waals surface area contributed by atoms with Gasteiger partial charge in [-0.05, 0) is 29.5 Å². The highest BCUT2D eigenvalue weighted by Gasteiger charge is 2.34. The summed E-state index contributed by atoms with van der Waals surface area (Å²) in [6, 6.07) is 7.62. The van der Waals surface area contributed by atoms with Crippen LogP contribution in [-0.2, 0) is 6.42 Å². The number of hydrogen-bond donors (Lipinski definition) is 2. The average molecular weight is 336 g/mol. The van der Waals surface area contributed by atoms with Crippen molar-refractivity contribution >= 4 is 16.9 Å². The fraction of sp³-hybridized carbons (Fsp3) is 0.300. The molecule has 3 aromatic rings. The summed E-state index contributed by atoms with van der Waals surface area (Å²) < 4.78 is 1.98. The molecule has 0 saturated carbocycles. The number of nitrogens with zero attached hydrogens (tertiary/aromatic N) is 1. The van der Waals surface area contributed by atoms with Gasteiger partial charge in [0.25, 0.3) is 0 Å². The Labute approximate surface area is 144 Å². The molecule has 4 rings (SSSR count). The number of aromatic nitrogens is 2. The zero-order chi connectivity index (χ0) is 17.9. The Morgan fingerprint density at radius 3 is 2.72 bits per heavy atom. The minimum absolute atomic E-state index is 0.0641. The Bertz CT molecular complexity index is 1070. The van der Waals surface area contributed by atoms with Crippen LogP contribution < -0.4 is 5.43 Å². The minimum atomic E-state index is -1.18. The smallest absolute Gasteiger partial charge is 0.341 e. The van der Waals surface area contributed by atoms with Gasteiger partial charge in [0.05, 0.1) is 5.69 Å². The molecule has 3 heterocycles. The van der Waals surface area contributed by atoms with Crippen LogP contribution in [0, 0.1) is 5.41 Å². The third kappa shape index (κ3) is 2.30. The van der Waals surface area contributed by atoms with Crippen molar-refractivity contribution in [3.8, 4) is 11.3 Å². The van der Waals surface area contributed by atoms with E-state index in [0.29, 0.717) is 0 Å². The first-order valence-electron chi connectivity index (χ1n) is 8.36. The van der Waals surface area contributed by atoms with Crippen LogP contribution in [0.25, 0.3) is 22.2 Å². The first-order valence-corrected chi connectivity index (χ1v) is 8.36. The van der Waals surface area contributed by atoms with E-state index in [2.05, 4.69) is 31.8 Å². The van der Waals surface area contributed by atoms with Crippen LogP contribution >= 0.6 is 0 Å². The molecule has 5 nitrogen and oxygen atoms in total. The van der Waals surface area contributed by atoms with Gasteiger partial charge in [-0.3, -0.25) is 4.79 Å². The number of aromatic carboxylic acids is 1. The van der Waals surface area contributed by atoms with Gasteiger partial charge in [-0.25, -0.2) is 4.79 Å². The topological polar surface area (TPSA) is 75.1 Å².